The van der Waals surface area contributed by atoms with Gasteiger partial charge < -0.3 is 5.32 Å². The van der Waals surface area contributed by atoms with E-state index in [1.165, 1.54) is 0 Å². The molecule has 0 aliphatic rings. The summed E-state index contributed by atoms with van der Waals surface area (Å²) in [7, 11) is 0. The van der Waals surface area contributed by atoms with E-state index in [1.54, 1.807) is 36.9 Å². The van der Waals surface area contributed by atoms with E-state index in [0.717, 1.165) is 5.56 Å². The van der Waals surface area contributed by atoms with Crippen molar-refractivity contribution in [2.75, 3.05) is 0 Å². The van der Waals surface area contributed by atoms with Crippen molar-refractivity contribution >= 4 is 5.91 Å². The minimum atomic E-state index is -0.100. The standard InChI is InChI=1S/C13H13N3O/c1-10(11-2-6-14-7-3-11)16-13(17)12-4-8-15-9-5-12/h2-10H,1H3,(H,16,17). The maximum atomic E-state index is 11.9. The predicted molar refractivity (Wildman–Crippen MR) is 64.4 cm³/mol. The zero-order valence-electron chi connectivity index (χ0n) is 9.50. The molecule has 0 radical (unpaired) electrons. The zero-order valence-corrected chi connectivity index (χ0v) is 9.50. The fourth-order valence-electron chi connectivity index (χ4n) is 1.52. The van der Waals surface area contributed by atoms with Gasteiger partial charge in [-0.15, -0.1) is 0 Å². The Morgan fingerprint density at radius 3 is 2.18 bits per heavy atom. The maximum absolute atomic E-state index is 11.9. The molecule has 2 aromatic heterocycles. The number of aromatic nitrogens is 2. The van der Waals surface area contributed by atoms with Crippen LogP contribution in [0.5, 0.6) is 0 Å². The average Bonchev–Trinajstić information content (AvgIpc) is 2.40. The molecule has 0 aliphatic carbocycles. The molecule has 0 aliphatic heterocycles. The number of hydrogen-bond donors (Lipinski definition) is 1. The van der Waals surface area contributed by atoms with Crippen molar-refractivity contribution in [1.29, 1.82) is 0 Å². The van der Waals surface area contributed by atoms with Crippen LogP contribution in [0.4, 0.5) is 0 Å². The lowest BCUT2D eigenvalue weighted by Crippen LogP contribution is -2.26. The summed E-state index contributed by atoms with van der Waals surface area (Å²) in [4.78, 5) is 19.7. The van der Waals surface area contributed by atoms with E-state index in [-0.39, 0.29) is 11.9 Å². The monoisotopic (exact) mass is 227 g/mol. The van der Waals surface area contributed by atoms with Crippen LogP contribution in [-0.2, 0) is 0 Å². The van der Waals surface area contributed by atoms with Crippen LogP contribution in [0.1, 0.15) is 28.9 Å². The Hall–Kier alpha value is -2.23. The summed E-state index contributed by atoms with van der Waals surface area (Å²) in [6.07, 6.45) is 6.63. The Morgan fingerprint density at radius 2 is 1.59 bits per heavy atom. The SMILES string of the molecule is CC(NC(=O)c1ccncc1)c1ccncc1. The summed E-state index contributed by atoms with van der Waals surface area (Å²) in [5, 5.41) is 2.92. The molecule has 1 unspecified atom stereocenters. The van der Waals surface area contributed by atoms with Crippen molar-refractivity contribution in [3.8, 4) is 0 Å². The molecular weight excluding hydrogens is 214 g/mol. The molecule has 2 rings (SSSR count). The van der Waals surface area contributed by atoms with Crippen LogP contribution >= 0.6 is 0 Å². The molecule has 2 heterocycles. The van der Waals surface area contributed by atoms with E-state index < -0.39 is 0 Å². The first kappa shape index (κ1) is 11.3. The normalized spacial score (nSPS) is 11.8. The van der Waals surface area contributed by atoms with Gasteiger partial charge >= 0.3 is 0 Å². The first-order chi connectivity index (χ1) is 8.27. The van der Waals surface area contributed by atoms with E-state index in [2.05, 4.69) is 15.3 Å². The Kier molecular flexibility index (Phi) is 3.45. The van der Waals surface area contributed by atoms with Crippen LogP contribution in [0.15, 0.2) is 49.1 Å². The molecule has 0 spiro atoms. The Bertz CT molecular complexity index is 485. The Morgan fingerprint density at radius 1 is 1.06 bits per heavy atom. The lowest BCUT2D eigenvalue weighted by Gasteiger charge is -2.13. The van der Waals surface area contributed by atoms with Crippen LogP contribution in [0.2, 0.25) is 0 Å². The molecule has 4 heteroatoms. The lowest BCUT2D eigenvalue weighted by atomic mass is 10.1. The van der Waals surface area contributed by atoms with Crippen LogP contribution in [-0.4, -0.2) is 15.9 Å². The van der Waals surface area contributed by atoms with Crippen LogP contribution in [0, 0.1) is 0 Å². The summed E-state index contributed by atoms with van der Waals surface area (Å²) in [5.41, 5.74) is 1.64. The Labute approximate surface area is 99.7 Å². The molecule has 1 N–H and O–H groups in total. The number of carbonyl (C=O) groups is 1. The highest BCUT2D eigenvalue weighted by atomic mass is 16.1. The van der Waals surface area contributed by atoms with Crippen LogP contribution in [0.3, 0.4) is 0 Å². The van der Waals surface area contributed by atoms with E-state index in [0.29, 0.717) is 5.56 Å². The molecule has 17 heavy (non-hydrogen) atoms. The third kappa shape index (κ3) is 2.87. The minimum Gasteiger partial charge on any atom is -0.346 e. The molecule has 0 aromatic carbocycles. The third-order valence-electron chi connectivity index (χ3n) is 2.50. The van der Waals surface area contributed by atoms with Gasteiger partial charge in [0.15, 0.2) is 0 Å². The van der Waals surface area contributed by atoms with Gasteiger partial charge in [0, 0.05) is 30.4 Å². The summed E-state index contributed by atoms with van der Waals surface area (Å²) < 4.78 is 0. The van der Waals surface area contributed by atoms with Gasteiger partial charge in [0.25, 0.3) is 5.91 Å². The summed E-state index contributed by atoms with van der Waals surface area (Å²) >= 11 is 0. The largest absolute Gasteiger partial charge is 0.346 e. The first-order valence-corrected chi connectivity index (χ1v) is 5.38. The average molecular weight is 227 g/mol. The molecule has 0 saturated heterocycles. The van der Waals surface area contributed by atoms with Crippen molar-refractivity contribution in [1.82, 2.24) is 15.3 Å². The number of amides is 1. The number of nitrogens with zero attached hydrogens (tertiary/aromatic N) is 2. The maximum Gasteiger partial charge on any atom is 0.251 e. The molecule has 2 aromatic rings. The molecule has 0 saturated carbocycles. The topological polar surface area (TPSA) is 54.9 Å². The fraction of sp³-hybridized carbons (Fsp3) is 0.154. The molecule has 0 bridgehead atoms. The number of pyridine rings is 2. The van der Waals surface area contributed by atoms with Crippen LogP contribution < -0.4 is 5.32 Å². The Balaban J connectivity index is 2.05. The predicted octanol–water partition coefficient (Wildman–Crippen LogP) is 1.97. The van der Waals surface area contributed by atoms with E-state index >= 15 is 0 Å². The van der Waals surface area contributed by atoms with Crippen LogP contribution in [0.25, 0.3) is 0 Å². The second-order valence-corrected chi connectivity index (χ2v) is 3.71. The van der Waals surface area contributed by atoms with Crippen molar-refractivity contribution < 1.29 is 4.79 Å². The first-order valence-electron chi connectivity index (χ1n) is 5.38. The second kappa shape index (κ2) is 5.21. The molecule has 1 amide bonds. The number of carbonyl (C=O) groups excluding carboxylic acids is 1. The number of rotatable bonds is 3. The van der Waals surface area contributed by atoms with Crippen molar-refractivity contribution in [3.05, 3.63) is 60.2 Å². The molecular formula is C13H13N3O. The van der Waals surface area contributed by atoms with Gasteiger partial charge in [-0.25, -0.2) is 0 Å². The van der Waals surface area contributed by atoms with Crippen molar-refractivity contribution in [2.24, 2.45) is 0 Å². The summed E-state index contributed by atoms with van der Waals surface area (Å²) in [6.45, 7) is 1.94. The van der Waals surface area contributed by atoms with E-state index in [1.807, 2.05) is 19.1 Å². The van der Waals surface area contributed by atoms with E-state index in [9.17, 15) is 4.79 Å². The quantitative estimate of drug-likeness (QED) is 0.872. The number of hydrogen-bond acceptors (Lipinski definition) is 3. The zero-order chi connectivity index (χ0) is 12.1. The highest BCUT2D eigenvalue weighted by Crippen LogP contribution is 2.11. The lowest BCUT2D eigenvalue weighted by molar-refractivity contribution is 0.0940. The van der Waals surface area contributed by atoms with Gasteiger partial charge in [0.05, 0.1) is 6.04 Å². The second-order valence-electron chi connectivity index (χ2n) is 3.71. The third-order valence-corrected chi connectivity index (χ3v) is 2.50. The van der Waals surface area contributed by atoms with Crippen molar-refractivity contribution in [2.45, 2.75) is 13.0 Å². The number of nitrogens with one attached hydrogen (secondary N) is 1. The summed E-state index contributed by atoms with van der Waals surface area (Å²) in [5.74, 6) is -0.100. The van der Waals surface area contributed by atoms with Gasteiger partial charge in [0.1, 0.15) is 0 Å². The van der Waals surface area contributed by atoms with Crippen molar-refractivity contribution in [3.63, 3.8) is 0 Å². The minimum absolute atomic E-state index is 0.0429. The van der Waals surface area contributed by atoms with Gasteiger partial charge in [0.2, 0.25) is 0 Å². The molecule has 86 valence electrons. The smallest absolute Gasteiger partial charge is 0.251 e. The molecule has 1 atom stereocenters. The molecule has 4 nitrogen and oxygen atoms in total. The van der Waals surface area contributed by atoms with Gasteiger partial charge in [-0.2, -0.15) is 0 Å². The fourth-order valence-corrected chi connectivity index (χ4v) is 1.52. The van der Waals surface area contributed by atoms with E-state index in [4.69, 9.17) is 0 Å². The summed E-state index contributed by atoms with van der Waals surface area (Å²) in [6, 6.07) is 7.11. The highest BCUT2D eigenvalue weighted by Gasteiger charge is 2.10. The van der Waals surface area contributed by atoms with Gasteiger partial charge in [-0.05, 0) is 36.8 Å². The van der Waals surface area contributed by atoms with Gasteiger partial charge in [-0.1, -0.05) is 0 Å². The molecule has 0 fully saturated rings. The van der Waals surface area contributed by atoms with Gasteiger partial charge in [-0.3, -0.25) is 14.8 Å². The highest BCUT2D eigenvalue weighted by molar-refractivity contribution is 5.94.